The fourth-order valence-electron chi connectivity index (χ4n) is 3.93. The first-order chi connectivity index (χ1) is 17.5. The molecule has 1 fully saturated rings. The van der Waals surface area contributed by atoms with E-state index >= 15 is 0 Å². The Bertz CT molecular complexity index is 1520. The number of hydroxylamine groups is 2. The number of rotatable bonds is 7. The van der Waals surface area contributed by atoms with E-state index in [1.807, 2.05) is 0 Å². The molecule has 9 nitrogen and oxygen atoms in total. The highest BCUT2D eigenvalue weighted by Gasteiger charge is 2.27. The number of hydrogen-bond donors (Lipinski definition) is 1. The first-order valence-corrected chi connectivity index (χ1v) is 11.1. The van der Waals surface area contributed by atoms with Crippen LogP contribution in [0.1, 0.15) is 27.0 Å². The van der Waals surface area contributed by atoms with E-state index in [2.05, 4.69) is 6.07 Å². The number of carboxylic acids is 1. The maximum absolute atomic E-state index is 13.0. The zero-order valence-electron chi connectivity index (χ0n) is 18.9. The van der Waals surface area contributed by atoms with Gasteiger partial charge in [0.25, 0.3) is 0 Å². The molecule has 0 saturated carbocycles. The molecular weight excluding hydrogens is 464 g/mol. The van der Waals surface area contributed by atoms with Crippen LogP contribution in [-0.4, -0.2) is 28.8 Å². The standard InChI is InChI=1S/C27H20N2O7/c28-13-19-3-1-2-4-24(19)34-21-9-10-23-25(12-21)33-16-20(26(23)30)11-22-15-29(36-35-22)14-17-5-7-18(8-6-17)27(31)32/h1-10,12,16,22H,11,14-15H2,(H,31,32). The summed E-state index contributed by atoms with van der Waals surface area (Å²) in [6.07, 6.45) is 1.32. The number of aromatic carboxylic acids is 1. The summed E-state index contributed by atoms with van der Waals surface area (Å²) >= 11 is 0. The summed E-state index contributed by atoms with van der Waals surface area (Å²) in [5.41, 5.74) is 2.12. The van der Waals surface area contributed by atoms with Gasteiger partial charge in [0, 0.05) is 18.1 Å². The highest BCUT2D eigenvalue weighted by molar-refractivity contribution is 5.87. The molecule has 4 aromatic rings. The lowest BCUT2D eigenvalue weighted by atomic mass is 10.1. The predicted molar refractivity (Wildman–Crippen MR) is 127 cm³/mol. The van der Waals surface area contributed by atoms with Gasteiger partial charge in [0.05, 0.1) is 35.9 Å². The van der Waals surface area contributed by atoms with Crippen LogP contribution in [-0.2, 0) is 22.8 Å². The van der Waals surface area contributed by atoms with Gasteiger partial charge < -0.3 is 14.3 Å². The van der Waals surface area contributed by atoms with Crippen molar-refractivity contribution in [1.82, 2.24) is 5.06 Å². The molecule has 1 aliphatic heterocycles. The molecule has 1 aliphatic rings. The van der Waals surface area contributed by atoms with Gasteiger partial charge in [0.2, 0.25) is 0 Å². The molecule has 1 N–H and O–H groups in total. The molecule has 3 aromatic carbocycles. The minimum atomic E-state index is -0.982. The summed E-state index contributed by atoms with van der Waals surface area (Å²) < 4.78 is 11.5. The summed E-state index contributed by atoms with van der Waals surface area (Å²) in [6.45, 7) is 0.823. The van der Waals surface area contributed by atoms with Gasteiger partial charge >= 0.3 is 5.97 Å². The highest BCUT2D eigenvalue weighted by atomic mass is 17.3. The predicted octanol–water partition coefficient (Wildman–Crippen LogP) is 4.45. The van der Waals surface area contributed by atoms with Crippen molar-refractivity contribution in [2.75, 3.05) is 6.54 Å². The number of hydrogen-bond acceptors (Lipinski definition) is 8. The van der Waals surface area contributed by atoms with Gasteiger partial charge in [0.15, 0.2) is 5.43 Å². The Balaban J connectivity index is 1.25. The molecule has 0 spiro atoms. The summed E-state index contributed by atoms with van der Waals surface area (Å²) in [4.78, 5) is 34.7. The number of benzene rings is 3. The molecule has 0 amide bonds. The minimum absolute atomic E-state index is 0.175. The Morgan fingerprint density at radius 2 is 1.94 bits per heavy atom. The molecule has 0 aliphatic carbocycles. The molecule has 0 bridgehead atoms. The average Bonchev–Trinajstić information content (AvgIpc) is 3.33. The summed E-state index contributed by atoms with van der Waals surface area (Å²) in [5.74, 6) is -0.121. The second kappa shape index (κ2) is 10.0. The van der Waals surface area contributed by atoms with Crippen LogP contribution in [0.2, 0.25) is 0 Å². The number of carbonyl (C=O) groups is 1. The topological polar surface area (TPSA) is 122 Å². The Kier molecular flexibility index (Phi) is 6.47. The summed E-state index contributed by atoms with van der Waals surface area (Å²) in [5, 5.41) is 20.3. The zero-order valence-corrected chi connectivity index (χ0v) is 18.9. The highest BCUT2D eigenvalue weighted by Crippen LogP contribution is 2.27. The smallest absolute Gasteiger partial charge is 0.335 e. The molecule has 1 aromatic heterocycles. The number of ether oxygens (including phenoxy) is 1. The monoisotopic (exact) mass is 484 g/mol. The number of nitriles is 1. The summed E-state index contributed by atoms with van der Waals surface area (Å²) in [6, 6.07) is 20.4. The molecule has 180 valence electrons. The molecular formula is C27H20N2O7. The van der Waals surface area contributed by atoms with E-state index in [0.29, 0.717) is 53.1 Å². The molecule has 0 radical (unpaired) electrons. The van der Waals surface area contributed by atoms with E-state index in [0.717, 1.165) is 5.56 Å². The van der Waals surface area contributed by atoms with Crippen LogP contribution in [0.4, 0.5) is 0 Å². The van der Waals surface area contributed by atoms with Crippen molar-refractivity contribution in [2.24, 2.45) is 0 Å². The van der Waals surface area contributed by atoms with Crippen molar-refractivity contribution >= 4 is 16.9 Å². The third kappa shape index (κ3) is 4.96. The van der Waals surface area contributed by atoms with Crippen LogP contribution in [0.3, 0.4) is 0 Å². The fraction of sp³-hybridized carbons (Fsp3) is 0.148. The Morgan fingerprint density at radius 3 is 2.72 bits per heavy atom. The van der Waals surface area contributed by atoms with E-state index in [1.165, 1.54) is 18.4 Å². The van der Waals surface area contributed by atoms with Crippen molar-refractivity contribution < 1.29 is 28.9 Å². The van der Waals surface area contributed by atoms with Gasteiger partial charge in [0.1, 0.15) is 29.3 Å². The van der Waals surface area contributed by atoms with Crippen molar-refractivity contribution in [1.29, 1.82) is 5.26 Å². The second-order valence-electron chi connectivity index (χ2n) is 8.28. The lowest BCUT2D eigenvalue weighted by molar-refractivity contribution is -0.385. The van der Waals surface area contributed by atoms with E-state index in [-0.39, 0.29) is 17.1 Å². The van der Waals surface area contributed by atoms with Gasteiger partial charge in [-0.3, -0.25) is 4.79 Å². The molecule has 5 rings (SSSR count). The van der Waals surface area contributed by atoms with Gasteiger partial charge in [-0.25, -0.2) is 9.68 Å². The van der Waals surface area contributed by atoms with Gasteiger partial charge in [-0.05, 0) is 42.0 Å². The van der Waals surface area contributed by atoms with Gasteiger partial charge in [-0.2, -0.15) is 5.26 Å². The number of carboxylic acid groups (broad SMARTS) is 1. The number of fused-ring (bicyclic) bond motifs is 1. The molecule has 9 heteroatoms. The van der Waals surface area contributed by atoms with Crippen LogP contribution in [0.15, 0.2) is 82.2 Å². The van der Waals surface area contributed by atoms with Crippen molar-refractivity contribution in [3.8, 4) is 17.6 Å². The van der Waals surface area contributed by atoms with E-state index in [9.17, 15) is 14.9 Å². The second-order valence-corrected chi connectivity index (χ2v) is 8.28. The van der Waals surface area contributed by atoms with Crippen LogP contribution in [0, 0.1) is 11.3 Å². The third-order valence-electron chi connectivity index (χ3n) is 5.75. The quantitative estimate of drug-likeness (QED) is 0.379. The normalized spacial score (nSPS) is 15.6. The van der Waals surface area contributed by atoms with Crippen molar-refractivity contribution in [3.05, 3.63) is 105 Å². The van der Waals surface area contributed by atoms with Crippen LogP contribution in [0.25, 0.3) is 11.0 Å². The lowest BCUT2D eigenvalue weighted by Gasteiger charge is -2.11. The molecule has 1 atom stereocenters. The van der Waals surface area contributed by atoms with Gasteiger partial charge in [-0.1, -0.05) is 24.3 Å². The van der Waals surface area contributed by atoms with Crippen LogP contribution >= 0.6 is 0 Å². The number of para-hydroxylation sites is 1. The molecule has 36 heavy (non-hydrogen) atoms. The van der Waals surface area contributed by atoms with Crippen molar-refractivity contribution in [3.63, 3.8) is 0 Å². The van der Waals surface area contributed by atoms with Gasteiger partial charge in [-0.15, -0.1) is 10.1 Å². The van der Waals surface area contributed by atoms with E-state index in [1.54, 1.807) is 59.7 Å². The molecule has 2 heterocycles. The largest absolute Gasteiger partial charge is 0.478 e. The Labute approximate surface area is 205 Å². The van der Waals surface area contributed by atoms with E-state index < -0.39 is 5.97 Å². The Morgan fingerprint density at radius 1 is 1.14 bits per heavy atom. The third-order valence-corrected chi connectivity index (χ3v) is 5.75. The van der Waals surface area contributed by atoms with Crippen LogP contribution in [0.5, 0.6) is 11.5 Å². The average molecular weight is 484 g/mol. The first kappa shape index (κ1) is 23.3. The maximum Gasteiger partial charge on any atom is 0.335 e. The number of nitrogens with zero attached hydrogens (tertiary/aromatic N) is 2. The lowest BCUT2D eigenvalue weighted by Crippen LogP contribution is -2.24. The minimum Gasteiger partial charge on any atom is -0.478 e. The van der Waals surface area contributed by atoms with Crippen LogP contribution < -0.4 is 10.2 Å². The maximum atomic E-state index is 13.0. The molecule has 1 unspecified atom stereocenters. The van der Waals surface area contributed by atoms with E-state index in [4.69, 9.17) is 24.1 Å². The first-order valence-electron chi connectivity index (χ1n) is 11.1. The zero-order chi connectivity index (χ0) is 25.1. The Hall–Kier alpha value is -4.49. The molecule has 1 saturated heterocycles. The SMILES string of the molecule is N#Cc1ccccc1Oc1ccc2c(=O)c(CC3CN(Cc4ccc(C(=O)O)cc4)OO3)coc2c1. The van der Waals surface area contributed by atoms with Crippen molar-refractivity contribution in [2.45, 2.75) is 19.1 Å². The summed E-state index contributed by atoms with van der Waals surface area (Å²) in [7, 11) is 0. The fourth-order valence-corrected chi connectivity index (χ4v) is 3.93.